The van der Waals surface area contributed by atoms with Gasteiger partial charge in [0.2, 0.25) is 0 Å². The highest BCUT2D eigenvalue weighted by molar-refractivity contribution is 5.90. The number of hydrogen-bond donors (Lipinski definition) is 1. The Labute approximate surface area is 96.3 Å². The molecule has 4 heteroatoms. The molecule has 0 radical (unpaired) electrons. The second kappa shape index (κ2) is 5.68. The molecule has 0 rings (SSSR count). The third-order valence-corrected chi connectivity index (χ3v) is 2.06. The molecule has 0 aromatic heterocycles. The highest BCUT2D eigenvalue weighted by Gasteiger charge is 2.30. The first-order chi connectivity index (χ1) is 7.14. The zero-order chi connectivity index (χ0) is 12.9. The Kier molecular flexibility index (Phi) is 5.21. The van der Waals surface area contributed by atoms with E-state index < -0.39 is 11.9 Å². The molecule has 0 aliphatic carbocycles. The number of rotatable bonds is 4. The number of carboxylic acid groups (broad SMARTS) is 1. The van der Waals surface area contributed by atoms with Crippen LogP contribution in [0.4, 0.5) is 0 Å². The van der Waals surface area contributed by atoms with E-state index in [0.717, 1.165) is 12.2 Å². The molecule has 0 amide bonds. The molecule has 0 bridgehead atoms. The quantitative estimate of drug-likeness (QED) is 0.592. The Morgan fingerprint density at radius 3 is 2.00 bits per heavy atom. The molecule has 1 unspecified atom stereocenters. The number of carboxylic acids is 1. The minimum absolute atomic E-state index is 0.166. The predicted octanol–water partition coefficient (Wildman–Crippen LogP) is 2.24. The fraction of sp³-hybridized carbons (Fsp3) is 0.667. The van der Waals surface area contributed by atoms with Crippen LogP contribution in [-0.4, -0.2) is 23.1 Å². The SMILES string of the molecule is CC(C)C(OC(=O)C=CC(=O)O)C(C)(C)C. The van der Waals surface area contributed by atoms with Crippen molar-refractivity contribution < 1.29 is 19.4 Å². The van der Waals surface area contributed by atoms with Crippen molar-refractivity contribution in [2.75, 3.05) is 0 Å². The van der Waals surface area contributed by atoms with Crippen LogP contribution in [0.25, 0.3) is 0 Å². The van der Waals surface area contributed by atoms with Gasteiger partial charge in [0.25, 0.3) is 0 Å². The van der Waals surface area contributed by atoms with Gasteiger partial charge in [-0.2, -0.15) is 0 Å². The van der Waals surface area contributed by atoms with Crippen molar-refractivity contribution in [3.63, 3.8) is 0 Å². The summed E-state index contributed by atoms with van der Waals surface area (Å²) in [6, 6.07) is 0. The predicted molar refractivity (Wildman–Crippen MR) is 60.9 cm³/mol. The molecular weight excluding hydrogens is 208 g/mol. The zero-order valence-corrected chi connectivity index (χ0v) is 10.5. The molecule has 0 aromatic carbocycles. The first kappa shape index (κ1) is 14.7. The van der Waals surface area contributed by atoms with Gasteiger partial charge < -0.3 is 9.84 Å². The Bertz CT molecular complexity index is 284. The van der Waals surface area contributed by atoms with Crippen LogP contribution in [0.2, 0.25) is 0 Å². The highest BCUT2D eigenvalue weighted by Crippen LogP contribution is 2.28. The van der Waals surface area contributed by atoms with E-state index in [1.54, 1.807) is 0 Å². The molecule has 0 saturated heterocycles. The second-order valence-corrected chi connectivity index (χ2v) is 5.14. The van der Waals surface area contributed by atoms with Gasteiger partial charge in [0.15, 0.2) is 0 Å². The lowest BCUT2D eigenvalue weighted by Gasteiger charge is -2.32. The van der Waals surface area contributed by atoms with E-state index in [9.17, 15) is 9.59 Å². The monoisotopic (exact) mass is 228 g/mol. The fourth-order valence-corrected chi connectivity index (χ4v) is 1.62. The number of carbonyl (C=O) groups is 2. The van der Waals surface area contributed by atoms with Gasteiger partial charge in [-0.15, -0.1) is 0 Å². The van der Waals surface area contributed by atoms with Gasteiger partial charge in [-0.1, -0.05) is 34.6 Å². The summed E-state index contributed by atoms with van der Waals surface area (Å²) in [5.74, 6) is -1.59. The molecule has 0 aliphatic heterocycles. The van der Waals surface area contributed by atoms with Gasteiger partial charge in [0, 0.05) is 12.2 Å². The Hall–Kier alpha value is -1.32. The summed E-state index contributed by atoms with van der Waals surface area (Å²) in [7, 11) is 0. The lowest BCUT2D eigenvalue weighted by atomic mass is 9.82. The van der Waals surface area contributed by atoms with Crippen molar-refractivity contribution in [2.45, 2.75) is 40.7 Å². The summed E-state index contributed by atoms with van der Waals surface area (Å²) in [5, 5.41) is 8.37. The van der Waals surface area contributed by atoms with Crippen LogP contribution in [0.1, 0.15) is 34.6 Å². The van der Waals surface area contributed by atoms with Gasteiger partial charge in [-0.25, -0.2) is 9.59 Å². The summed E-state index contributed by atoms with van der Waals surface area (Å²) in [6.07, 6.45) is 1.48. The fourth-order valence-electron chi connectivity index (χ4n) is 1.62. The second-order valence-electron chi connectivity index (χ2n) is 5.14. The molecule has 1 N–H and O–H groups in total. The van der Waals surface area contributed by atoms with Crippen LogP contribution in [0.5, 0.6) is 0 Å². The molecule has 92 valence electrons. The summed E-state index contributed by atoms with van der Waals surface area (Å²) in [4.78, 5) is 21.6. The lowest BCUT2D eigenvalue weighted by molar-refractivity contribution is -0.152. The number of carbonyl (C=O) groups excluding carboxylic acids is 1. The van der Waals surface area contributed by atoms with Crippen LogP contribution in [0, 0.1) is 11.3 Å². The zero-order valence-electron chi connectivity index (χ0n) is 10.5. The first-order valence-electron chi connectivity index (χ1n) is 5.26. The maximum Gasteiger partial charge on any atom is 0.331 e. The summed E-state index contributed by atoms with van der Waals surface area (Å²) >= 11 is 0. The van der Waals surface area contributed by atoms with Crippen LogP contribution >= 0.6 is 0 Å². The molecule has 0 fully saturated rings. The summed E-state index contributed by atoms with van der Waals surface area (Å²) < 4.78 is 5.24. The molecule has 0 saturated carbocycles. The maximum atomic E-state index is 11.3. The Balaban J connectivity index is 4.54. The highest BCUT2D eigenvalue weighted by atomic mass is 16.5. The van der Waals surface area contributed by atoms with E-state index in [1.165, 1.54) is 0 Å². The van der Waals surface area contributed by atoms with Crippen molar-refractivity contribution in [2.24, 2.45) is 11.3 Å². The van der Waals surface area contributed by atoms with Crippen LogP contribution < -0.4 is 0 Å². The van der Waals surface area contributed by atoms with Gasteiger partial charge in [-0.3, -0.25) is 0 Å². The largest absolute Gasteiger partial charge is 0.478 e. The average Bonchev–Trinajstić information content (AvgIpc) is 2.08. The third-order valence-electron chi connectivity index (χ3n) is 2.06. The molecule has 1 atom stereocenters. The lowest BCUT2D eigenvalue weighted by Crippen LogP contribution is -2.35. The normalized spacial score (nSPS) is 14.1. The third kappa shape index (κ3) is 5.53. The standard InChI is InChI=1S/C12H20O4/c1-8(2)11(12(3,4)5)16-10(15)7-6-9(13)14/h6-8,11H,1-5H3,(H,13,14). The molecule has 0 aromatic rings. The first-order valence-corrected chi connectivity index (χ1v) is 5.26. The summed E-state index contributed by atoms with van der Waals surface area (Å²) in [6.45, 7) is 9.86. The van der Waals surface area contributed by atoms with Gasteiger partial charge in [-0.05, 0) is 11.3 Å². The average molecular weight is 228 g/mol. The van der Waals surface area contributed by atoms with Crippen molar-refractivity contribution in [3.8, 4) is 0 Å². The van der Waals surface area contributed by atoms with E-state index in [-0.39, 0.29) is 17.4 Å². The molecule has 0 spiro atoms. The molecule has 0 heterocycles. The van der Waals surface area contributed by atoms with Crippen LogP contribution in [-0.2, 0) is 14.3 Å². The minimum Gasteiger partial charge on any atom is -0.478 e. The van der Waals surface area contributed by atoms with E-state index >= 15 is 0 Å². The smallest absolute Gasteiger partial charge is 0.331 e. The van der Waals surface area contributed by atoms with Gasteiger partial charge in [0.05, 0.1) is 0 Å². The van der Waals surface area contributed by atoms with E-state index in [0.29, 0.717) is 0 Å². The van der Waals surface area contributed by atoms with Gasteiger partial charge in [0.1, 0.15) is 6.10 Å². The topological polar surface area (TPSA) is 63.6 Å². The van der Waals surface area contributed by atoms with Crippen molar-refractivity contribution >= 4 is 11.9 Å². The van der Waals surface area contributed by atoms with Crippen molar-refractivity contribution in [1.29, 1.82) is 0 Å². The summed E-state index contributed by atoms with van der Waals surface area (Å²) in [5.41, 5.74) is -0.166. The molecule has 4 nitrogen and oxygen atoms in total. The number of aliphatic carboxylic acids is 1. The van der Waals surface area contributed by atoms with Gasteiger partial charge >= 0.3 is 11.9 Å². The van der Waals surface area contributed by atoms with E-state index in [1.807, 2.05) is 34.6 Å². The minimum atomic E-state index is -1.16. The molecular formula is C12H20O4. The number of hydrogen-bond acceptors (Lipinski definition) is 3. The molecule has 0 aliphatic rings. The Morgan fingerprint density at radius 2 is 1.69 bits per heavy atom. The van der Waals surface area contributed by atoms with Crippen LogP contribution in [0.3, 0.4) is 0 Å². The Morgan fingerprint density at radius 1 is 1.19 bits per heavy atom. The van der Waals surface area contributed by atoms with E-state index in [4.69, 9.17) is 9.84 Å². The number of ether oxygens (including phenoxy) is 1. The number of esters is 1. The maximum absolute atomic E-state index is 11.3. The molecule has 16 heavy (non-hydrogen) atoms. The van der Waals surface area contributed by atoms with E-state index in [2.05, 4.69) is 0 Å². The van der Waals surface area contributed by atoms with Crippen molar-refractivity contribution in [1.82, 2.24) is 0 Å². The van der Waals surface area contributed by atoms with Crippen molar-refractivity contribution in [3.05, 3.63) is 12.2 Å². The van der Waals surface area contributed by atoms with Crippen LogP contribution in [0.15, 0.2) is 12.2 Å².